The zero-order valence-corrected chi connectivity index (χ0v) is 11.6. The van der Waals surface area contributed by atoms with E-state index < -0.39 is 17.3 Å². The highest BCUT2D eigenvalue weighted by Gasteiger charge is 2.33. The van der Waals surface area contributed by atoms with Gasteiger partial charge < -0.3 is 5.32 Å². The zero-order valence-electron chi connectivity index (χ0n) is 10.7. The van der Waals surface area contributed by atoms with Crippen LogP contribution in [0.3, 0.4) is 0 Å². The van der Waals surface area contributed by atoms with E-state index in [9.17, 15) is 13.2 Å². The monoisotopic (exact) mass is 309 g/mol. The summed E-state index contributed by atoms with van der Waals surface area (Å²) >= 11 is 1.41. The third kappa shape index (κ3) is 3.00. The Morgan fingerprint density at radius 3 is 2.71 bits per heavy atom. The molecule has 0 bridgehead atoms. The van der Waals surface area contributed by atoms with E-state index in [1.54, 1.807) is 6.07 Å². The SMILES string of the molecule is N#Cc1cc(Nc2nc(C3CC3)cs2)ccc1C(F)(F)F. The molecule has 1 aliphatic carbocycles. The van der Waals surface area contributed by atoms with Crippen molar-refractivity contribution in [1.82, 2.24) is 4.98 Å². The first kappa shape index (κ1) is 13.9. The number of nitrogens with zero attached hydrogens (tertiary/aromatic N) is 2. The molecule has 1 aromatic carbocycles. The molecule has 0 amide bonds. The second kappa shape index (κ2) is 5.04. The summed E-state index contributed by atoms with van der Waals surface area (Å²) in [7, 11) is 0. The quantitative estimate of drug-likeness (QED) is 0.897. The lowest BCUT2D eigenvalue weighted by Crippen LogP contribution is -2.08. The zero-order chi connectivity index (χ0) is 15.0. The third-order valence-electron chi connectivity index (χ3n) is 3.21. The molecule has 1 saturated carbocycles. The Labute approximate surface area is 123 Å². The van der Waals surface area contributed by atoms with Crippen LogP contribution in [0.5, 0.6) is 0 Å². The number of nitriles is 1. The van der Waals surface area contributed by atoms with Gasteiger partial charge in [-0.25, -0.2) is 4.98 Å². The van der Waals surface area contributed by atoms with Gasteiger partial charge in [-0.15, -0.1) is 11.3 Å². The van der Waals surface area contributed by atoms with Crippen LogP contribution in [0.25, 0.3) is 0 Å². The number of hydrogen-bond acceptors (Lipinski definition) is 4. The maximum atomic E-state index is 12.7. The molecule has 0 aliphatic heterocycles. The summed E-state index contributed by atoms with van der Waals surface area (Å²) in [5.41, 5.74) is 0.131. The molecule has 3 nitrogen and oxygen atoms in total. The Morgan fingerprint density at radius 1 is 1.33 bits per heavy atom. The molecule has 2 aromatic rings. The summed E-state index contributed by atoms with van der Waals surface area (Å²) in [5.74, 6) is 0.527. The third-order valence-corrected chi connectivity index (χ3v) is 3.99. The summed E-state index contributed by atoms with van der Waals surface area (Å²) in [4.78, 5) is 4.40. The van der Waals surface area contributed by atoms with E-state index in [4.69, 9.17) is 5.26 Å². The topological polar surface area (TPSA) is 48.7 Å². The fraction of sp³-hybridized carbons (Fsp3) is 0.286. The number of hydrogen-bond donors (Lipinski definition) is 1. The number of aromatic nitrogens is 1. The van der Waals surface area contributed by atoms with Crippen molar-refractivity contribution in [1.29, 1.82) is 5.26 Å². The van der Waals surface area contributed by atoms with Gasteiger partial charge in [0.15, 0.2) is 5.13 Å². The van der Waals surface area contributed by atoms with Crippen molar-refractivity contribution in [2.24, 2.45) is 0 Å². The van der Waals surface area contributed by atoms with Gasteiger partial charge >= 0.3 is 6.18 Å². The van der Waals surface area contributed by atoms with Crippen LogP contribution < -0.4 is 5.32 Å². The summed E-state index contributed by atoms with van der Waals surface area (Å²) < 4.78 is 38.1. The highest BCUT2D eigenvalue weighted by atomic mass is 32.1. The Kier molecular flexibility index (Phi) is 3.33. The minimum Gasteiger partial charge on any atom is -0.332 e. The van der Waals surface area contributed by atoms with Crippen LogP contribution in [0.4, 0.5) is 24.0 Å². The Bertz CT molecular complexity index is 711. The van der Waals surface area contributed by atoms with E-state index in [1.807, 2.05) is 5.38 Å². The number of alkyl halides is 3. The lowest BCUT2D eigenvalue weighted by molar-refractivity contribution is -0.137. The minimum absolute atomic E-state index is 0.397. The summed E-state index contributed by atoms with van der Waals surface area (Å²) in [6.45, 7) is 0. The van der Waals surface area contributed by atoms with Gasteiger partial charge in [-0.2, -0.15) is 18.4 Å². The van der Waals surface area contributed by atoms with Crippen LogP contribution in [0, 0.1) is 11.3 Å². The molecular weight excluding hydrogens is 299 g/mol. The van der Waals surface area contributed by atoms with Crippen molar-refractivity contribution in [3.8, 4) is 6.07 Å². The Balaban J connectivity index is 1.83. The number of benzene rings is 1. The van der Waals surface area contributed by atoms with Crippen LogP contribution in [0.15, 0.2) is 23.6 Å². The molecule has 1 aromatic heterocycles. The number of rotatable bonds is 3. The van der Waals surface area contributed by atoms with Gasteiger partial charge in [0.1, 0.15) is 0 Å². The van der Waals surface area contributed by atoms with E-state index in [2.05, 4.69) is 10.3 Å². The van der Waals surface area contributed by atoms with Crippen LogP contribution >= 0.6 is 11.3 Å². The Morgan fingerprint density at radius 2 is 2.10 bits per heavy atom. The largest absolute Gasteiger partial charge is 0.417 e. The molecule has 0 saturated heterocycles. The predicted molar refractivity (Wildman–Crippen MR) is 73.5 cm³/mol. The normalized spacial score (nSPS) is 14.8. The van der Waals surface area contributed by atoms with E-state index in [1.165, 1.54) is 23.5 Å². The minimum atomic E-state index is -4.52. The molecule has 1 fully saturated rings. The maximum Gasteiger partial charge on any atom is 0.417 e. The van der Waals surface area contributed by atoms with Crippen molar-refractivity contribution >= 4 is 22.2 Å². The Hall–Kier alpha value is -2.07. The summed E-state index contributed by atoms with van der Waals surface area (Å²) in [6.07, 6.45) is -2.24. The first-order chi connectivity index (χ1) is 9.97. The van der Waals surface area contributed by atoms with Crippen LogP contribution in [-0.4, -0.2) is 4.98 Å². The average Bonchev–Trinajstić information content (AvgIpc) is 3.18. The maximum absolute atomic E-state index is 12.7. The van der Waals surface area contributed by atoms with Gasteiger partial charge in [0.25, 0.3) is 0 Å². The lowest BCUT2D eigenvalue weighted by Gasteiger charge is -2.10. The van der Waals surface area contributed by atoms with Gasteiger partial charge in [-0.1, -0.05) is 0 Å². The van der Waals surface area contributed by atoms with Gasteiger partial charge in [-0.3, -0.25) is 0 Å². The van der Waals surface area contributed by atoms with E-state index in [-0.39, 0.29) is 0 Å². The van der Waals surface area contributed by atoms with Crippen LogP contribution in [0.1, 0.15) is 35.6 Å². The van der Waals surface area contributed by atoms with E-state index in [0.29, 0.717) is 16.7 Å². The first-order valence-corrected chi connectivity index (χ1v) is 7.19. The smallest absolute Gasteiger partial charge is 0.332 e. The van der Waals surface area contributed by atoms with Crippen molar-refractivity contribution in [3.05, 3.63) is 40.4 Å². The second-order valence-electron chi connectivity index (χ2n) is 4.85. The van der Waals surface area contributed by atoms with Crippen molar-refractivity contribution in [2.45, 2.75) is 24.9 Å². The van der Waals surface area contributed by atoms with Gasteiger partial charge in [0.2, 0.25) is 0 Å². The molecule has 1 N–H and O–H groups in total. The molecule has 0 radical (unpaired) electrons. The van der Waals surface area contributed by atoms with Crippen molar-refractivity contribution < 1.29 is 13.2 Å². The molecule has 0 spiro atoms. The lowest BCUT2D eigenvalue weighted by atomic mass is 10.1. The first-order valence-electron chi connectivity index (χ1n) is 6.31. The fourth-order valence-corrected chi connectivity index (χ4v) is 2.81. The molecule has 7 heteroatoms. The van der Waals surface area contributed by atoms with Gasteiger partial charge in [0.05, 0.1) is 22.9 Å². The molecule has 1 aliphatic rings. The van der Waals surface area contributed by atoms with Crippen molar-refractivity contribution in [3.63, 3.8) is 0 Å². The standard InChI is InChI=1S/C14H10F3N3S/c15-14(16,17)11-4-3-10(5-9(11)6-18)19-13-20-12(7-21-13)8-1-2-8/h3-5,7-8H,1-2H2,(H,19,20). The molecule has 0 unspecified atom stereocenters. The number of thiazole rings is 1. The molecule has 21 heavy (non-hydrogen) atoms. The van der Waals surface area contributed by atoms with Gasteiger partial charge in [0, 0.05) is 17.0 Å². The number of anilines is 2. The van der Waals surface area contributed by atoms with Gasteiger partial charge in [-0.05, 0) is 31.0 Å². The van der Waals surface area contributed by atoms with Crippen molar-refractivity contribution in [2.75, 3.05) is 5.32 Å². The summed E-state index contributed by atoms with van der Waals surface area (Å²) in [6, 6.07) is 5.00. The molecular formula is C14H10F3N3S. The molecule has 108 valence electrons. The number of nitrogens with one attached hydrogen (secondary N) is 1. The second-order valence-corrected chi connectivity index (χ2v) is 5.70. The molecule has 1 heterocycles. The predicted octanol–water partition coefficient (Wildman–Crippen LogP) is 4.65. The fourth-order valence-electron chi connectivity index (χ4n) is 2.00. The average molecular weight is 309 g/mol. The molecule has 3 rings (SSSR count). The molecule has 0 atom stereocenters. The number of halogens is 3. The highest BCUT2D eigenvalue weighted by molar-refractivity contribution is 7.13. The van der Waals surface area contributed by atoms with E-state index in [0.717, 1.165) is 24.6 Å². The van der Waals surface area contributed by atoms with E-state index >= 15 is 0 Å². The summed E-state index contributed by atoms with van der Waals surface area (Å²) in [5, 5.41) is 14.4. The highest BCUT2D eigenvalue weighted by Crippen LogP contribution is 2.41. The van der Waals surface area contributed by atoms with Crippen LogP contribution in [0.2, 0.25) is 0 Å². The van der Waals surface area contributed by atoms with Crippen LogP contribution in [-0.2, 0) is 6.18 Å².